The molecule has 27 heavy (non-hydrogen) atoms. The molecular formula is C20H20N6O. The normalized spacial score (nSPS) is 10.5. The number of carbonyl (C=O) groups is 1. The van der Waals surface area contributed by atoms with Crippen LogP contribution in [0.25, 0.3) is 5.95 Å². The topological polar surface area (TPSA) is 96.5 Å². The quantitative estimate of drug-likeness (QED) is 0.771. The zero-order valence-corrected chi connectivity index (χ0v) is 15.7. The van der Waals surface area contributed by atoms with Crippen LogP contribution < -0.4 is 5.32 Å². The summed E-state index contributed by atoms with van der Waals surface area (Å²) in [6.07, 6.45) is 0.197. The van der Waals surface area contributed by atoms with Gasteiger partial charge in [-0.25, -0.2) is 14.6 Å². The van der Waals surface area contributed by atoms with E-state index in [2.05, 4.69) is 26.5 Å². The van der Waals surface area contributed by atoms with Crippen molar-refractivity contribution >= 4 is 11.6 Å². The molecule has 2 heterocycles. The number of anilines is 1. The third-order valence-corrected chi connectivity index (χ3v) is 4.24. The summed E-state index contributed by atoms with van der Waals surface area (Å²) in [7, 11) is 0. The van der Waals surface area contributed by atoms with Crippen LogP contribution in [-0.2, 0) is 11.2 Å². The Morgan fingerprint density at radius 2 is 1.74 bits per heavy atom. The third kappa shape index (κ3) is 4.01. The number of nitriles is 1. The number of nitrogens with one attached hydrogen (secondary N) is 1. The molecule has 0 aliphatic rings. The number of hydrogen-bond acceptors (Lipinski definition) is 5. The molecule has 0 atom stereocenters. The first-order valence-corrected chi connectivity index (χ1v) is 8.55. The monoisotopic (exact) mass is 360 g/mol. The lowest BCUT2D eigenvalue weighted by Gasteiger charge is -2.07. The standard InChI is InChI=1S/C20H20N6O/c1-12-9-13(2)23-20(22-12)26-15(4)18(14(3)25-26)10-19(27)24-17-7-5-16(11-21)6-8-17/h5-9H,10H2,1-4H3,(H,24,27). The number of amides is 1. The van der Waals surface area contributed by atoms with Crippen molar-refractivity contribution < 1.29 is 4.79 Å². The molecule has 3 rings (SSSR count). The molecule has 7 nitrogen and oxygen atoms in total. The Morgan fingerprint density at radius 1 is 1.11 bits per heavy atom. The van der Waals surface area contributed by atoms with E-state index in [-0.39, 0.29) is 12.3 Å². The zero-order chi connectivity index (χ0) is 19.6. The van der Waals surface area contributed by atoms with Gasteiger partial charge in [0.2, 0.25) is 5.91 Å². The molecule has 3 aromatic rings. The van der Waals surface area contributed by atoms with Gasteiger partial charge in [0.15, 0.2) is 0 Å². The lowest BCUT2D eigenvalue weighted by atomic mass is 10.1. The summed E-state index contributed by atoms with van der Waals surface area (Å²) in [4.78, 5) is 21.3. The Labute approximate surface area is 157 Å². The van der Waals surface area contributed by atoms with E-state index in [1.54, 1.807) is 28.9 Å². The highest BCUT2D eigenvalue weighted by atomic mass is 16.1. The molecule has 0 saturated heterocycles. The van der Waals surface area contributed by atoms with Crippen molar-refractivity contribution in [1.29, 1.82) is 5.26 Å². The first-order chi connectivity index (χ1) is 12.9. The van der Waals surface area contributed by atoms with E-state index in [0.29, 0.717) is 17.2 Å². The lowest BCUT2D eigenvalue weighted by molar-refractivity contribution is -0.115. The Bertz CT molecular complexity index is 1020. The fourth-order valence-corrected chi connectivity index (χ4v) is 2.92. The maximum absolute atomic E-state index is 12.5. The minimum Gasteiger partial charge on any atom is -0.326 e. The SMILES string of the molecule is Cc1cc(C)nc(-n2nc(C)c(CC(=O)Nc3ccc(C#N)cc3)c2C)n1. The van der Waals surface area contributed by atoms with Crippen LogP contribution in [0.3, 0.4) is 0 Å². The minimum atomic E-state index is -0.146. The molecule has 0 saturated carbocycles. The molecule has 1 N–H and O–H groups in total. The van der Waals surface area contributed by atoms with Gasteiger partial charge in [0.25, 0.3) is 5.95 Å². The summed E-state index contributed by atoms with van der Waals surface area (Å²) in [5.74, 6) is 0.360. The fourth-order valence-electron chi connectivity index (χ4n) is 2.92. The van der Waals surface area contributed by atoms with Crippen LogP contribution in [0.15, 0.2) is 30.3 Å². The number of carbonyl (C=O) groups excluding carboxylic acids is 1. The van der Waals surface area contributed by atoms with E-state index in [1.165, 1.54) is 0 Å². The lowest BCUT2D eigenvalue weighted by Crippen LogP contribution is -2.15. The molecule has 0 unspecified atom stereocenters. The van der Waals surface area contributed by atoms with Crippen molar-refractivity contribution in [2.75, 3.05) is 5.32 Å². The second kappa shape index (κ2) is 7.38. The van der Waals surface area contributed by atoms with E-state index >= 15 is 0 Å². The van der Waals surface area contributed by atoms with Gasteiger partial charge in [-0.15, -0.1) is 0 Å². The number of aromatic nitrogens is 4. The molecule has 7 heteroatoms. The van der Waals surface area contributed by atoms with Crippen LogP contribution in [0.4, 0.5) is 5.69 Å². The van der Waals surface area contributed by atoms with Crippen molar-refractivity contribution in [3.05, 3.63) is 64.2 Å². The van der Waals surface area contributed by atoms with Crippen LogP contribution in [0.1, 0.15) is 33.9 Å². The summed E-state index contributed by atoms with van der Waals surface area (Å²) in [6.45, 7) is 7.60. The van der Waals surface area contributed by atoms with Gasteiger partial charge < -0.3 is 5.32 Å². The molecule has 0 aliphatic carbocycles. The number of nitrogens with zero attached hydrogens (tertiary/aromatic N) is 5. The van der Waals surface area contributed by atoms with Gasteiger partial charge in [-0.2, -0.15) is 10.4 Å². The maximum Gasteiger partial charge on any atom is 0.251 e. The summed E-state index contributed by atoms with van der Waals surface area (Å²) >= 11 is 0. The molecule has 0 radical (unpaired) electrons. The molecule has 0 spiro atoms. The maximum atomic E-state index is 12.5. The largest absolute Gasteiger partial charge is 0.326 e. The van der Waals surface area contributed by atoms with Crippen molar-refractivity contribution in [2.24, 2.45) is 0 Å². The van der Waals surface area contributed by atoms with Crippen LogP contribution >= 0.6 is 0 Å². The number of aryl methyl sites for hydroxylation is 3. The average molecular weight is 360 g/mol. The second-order valence-corrected chi connectivity index (χ2v) is 6.43. The summed E-state index contributed by atoms with van der Waals surface area (Å²) in [6, 6.07) is 10.7. The van der Waals surface area contributed by atoms with Gasteiger partial charge >= 0.3 is 0 Å². The number of rotatable bonds is 4. The van der Waals surface area contributed by atoms with Crippen LogP contribution in [0.2, 0.25) is 0 Å². The molecule has 136 valence electrons. The van der Waals surface area contributed by atoms with E-state index in [1.807, 2.05) is 33.8 Å². The smallest absolute Gasteiger partial charge is 0.251 e. The number of hydrogen-bond donors (Lipinski definition) is 1. The van der Waals surface area contributed by atoms with E-state index in [4.69, 9.17) is 5.26 Å². The van der Waals surface area contributed by atoms with Crippen molar-refractivity contribution in [1.82, 2.24) is 19.7 Å². The summed E-state index contributed by atoms with van der Waals surface area (Å²) in [5.41, 5.74) is 5.39. The summed E-state index contributed by atoms with van der Waals surface area (Å²) < 4.78 is 1.68. The molecule has 0 bridgehead atoms. The molecule has 0 fully saturated rings. The Kier molecular flexibility index (Phi) is 4.99. The molecule has 1 aromatic carbocycles. The molecule has 0 aliphatic heterocycles. The highest BCUT2D eigenvalue weighted by molar-refractivity contribution is 5.92. The second-order valence-electron chi connectivity index (χ2n) is 6.43. The van der Waals surface area contributed by atoms with Gasteiger partial charge in [-0.1, -0.05) is 0 Å². The van der Waals surface area contributed by atoms with Gasteiger partial charge in [0.1, 0.15) is 0 Å². The van der Waals surface area contributed by atoms with Crippen LogP contribution in [-0.4, -0.2) is 25.7 Å². The van der Waals surface area contributed by atoms with Crippen molar-refractivity contribution in [3.63, 3.8) is 0 Å². The third-order valence-electron chi connectivity index (χ3n) is 4.24. The van der Waals surface area contributed by atoms with Crippen LogP contribution in [0, 0.1) is 39.0 Å². The number of benzene rings is 1. The van der Waals surface area contributed by atoms with Gasteiger partial charge in [-0.05, 0) is 58.0 Å². The van der Waals surface area contributed by atoms with Gasteiger partial charge in [0, 0.05) is 28.3 Å². The van der Waals surface area contributed by atoms with Crippen LogP contribution in [0.5, 0.6) is 0 Å². The van der Waals surface area contributed by atoms with E-state index in [0.717, 1.165) is 28.3 Å². The Balaban J connectivity index is 1.81. The predicted octanol–water partition coefficient (Wildman–Crippen LogP) is 2.95. The first-order valence-electron chi connectivity index (χ1n) is 8.55. The predicted molar refractivity (Wildman–Crippen MR) is 102 cm³/mol. The van der Waals surface area contributed by atoms with Crippen molar-refractivity contribution in [2.45, 2.75) is 34.1 Å². The van der Waals surface area contributed by atoms with Crippen molar-refractivity contribution in [3.8, 4) is 12.0 Å². The highest BCUT2D eigenvalue weighted by Gasteiger charge is 2.17. The zero-order valence-electron chi connectivity index (χ0n) is 15.7. The van der Waals surface area contributed by atoms with E-state index in [9.17, 15) is 4.79 Å². The van der Waals surface area contributed by atoms with Gasteiger partial charge in [-0.3, -0.25) is 4.79 Å². The first kappa shape index (κ1) is 18.3. The molecular weight excluding hydrogens is 340 g/mol. The average Bonchev–Trinajstić information content (AvgIpc) is 2.90. The summed E-state index contributed by atoms with van der Waals surface area (Å²) in [5, 5.41) is 16.2. The minimum absolute atomic E-state index is 0.146. The fraction of sp³-hybridized carbons (Fsp3) is 0.250. The Morgan fingerprint density at radius 3 is 2.33 bits per heavy atom. The van der Waals surface area contributed by atoms with Gasteiger partial charge in [0.05, 0.1) is 23.7 Å². The molecule has 1 amide bonds. The highest BCUT2D eigenvalue weighted by Crippen LogP contribution is 2.18. The van der Waals surface area contributed by atoms with E-state index < -0.39 is 0 Å². The Hall–Kier alpha value is -3.53. The molecule has 2 aromatic heterocycles.